The molecule has 1 aromatic rings. The van der Waals surface area contributed by atoms with E-state index in [4.69, 9.17) is 4.74 Å². The summed E-state index contributed by atoms with van der Waals surface area (Å²) in [7, 11) is 0. The number of benzene rings is 1. The summed E-state index contributed by atoms with van der Waals surface area (Å²) in [5.74, 6) is 0.374. The number of amides is 1. The van der Waals surface area contributed by atoms with Gasteiger partial charge in [-0.05, 0) is 34.1 Å². The van der Waals surface area contributed by atoms with E-state index in [-0.39, 0.29) is 17.2 Å². The van der Waals surface area contributed by atoms with Gasteiger partial charge in [-0.15, -0.1) is 0 Å². The van der Waals surface area contributed by atoms with E-state index in [1.54, 1.807) is 18.2 Å². The summed E-state index contributed by atoms with van der Waals surface area (Å²) in [6, 6.07) is 4.86. The molecule has 1 aromatic carbocycles. The minimum Gasteiger partial charge on any atom is -0.482 e. The molecule has 0 bridgehead atoms. The van der Waals surface area contributed by atoms with Crippen molar-refractivity contribution >= 4 is 32.2 Å². The maximum absolute atomic E-state index is 11.0. The van der Waals surface area contributed by atoms with Crippen LogP contribution in [0.25, 0.3) is 0 Å². The van der Waals surface area contributed by atoms with Crippen molar-refractivity contribution in [2.75, 3.05) is 11.9 Å². The molecule has 1 amide bonds. The second-order valence-electron chi connectivity index (χ2n) is 2.82. The van der Waals surface area contributed by atoms with E-state index in [0.717, 1.165) is 0 Å². The molecule has 0 spiro atoms. The van der Waals surface area contributed by atoms with Crippen LogP contribution in [0.5, 0.6) is 5.75 Å². The summed E-state index contributed by atoms with van der Waals surface area (Å²) in [5, 5.41) is 2.62. The summed E-state index contributed by atoms with van der Waals surface area (Å²) >= 11 is 2.83. The SMILES string of the molecule is O=C1COc2ccc(C(=O)Br)cc2N1. The number of carbonyl (C=O) groups is 2. The number of halogens is 1. The monoisotopic (exact) mass is 255 g/mol. The lowest BCUT2D eigenvalue weighted by atomic mass is 10.2. The average Bonchev–Trinajstić information content (AvgIpc) is 2.16. The van der Waals surface area contributed by atoms with E-state index in [0.29, 0.717) is 17.0 Å². The Morgan fingerprint density at radius 3 is 3.00 bits per heavy atom. The second-order valence-corrected chi connectivity index (χ2v) is 3.54. The number of hydrogen-bond donors (Lipinski definition) is 1. The minimum absolute atomic E-state index is 0.0224. The molecule has 0 fully saturated rings. The van der Waals surface area contributed by atoms with Gasteiger partial charge in [0.15, 0.2) is 6.61 Å². The van der Waals surface area contributed by atoms with Crippen LogP contribution in [0.3, 0.4) is 0 Å². The summed E-state index contributed by atoms with van der Waals surface area (Å²) in [5.41, 5.74) is 1.01. The Morgan fingerprint density at radius 2 is 2.29 bits per heavy atom. The van der Waals surface area contributed by atoms with Crippen LogP contribution in [-0.2, 0) is 4.79 Å². The number of hydrogen-bond acceptors (Lipinski definition) is 3. The van der Waals surface area contributed by atoms with E-state index in [1.165, 1.54) is 0 Å². The molecule has 1 aliphatic rings. The first kappa shape index (κ1) is 9.21. The molecular weight excluding hydrogens is 250 g/mol. The van der Waals surface area contributed by atoms with Crippen molar-refractivity contribution < 1.29 is 14.3 Å². The molecule has 5 heteroatoms. The van der Waals surface area contributed by atoms with Crippen molar-refractivity contribution in [3.8, 4) is 5.75 Å². The van der Waals surface area contributed by atoms with Crippen LogP contribution in [0.4, 0.5) is 5.69 Å². The van der Waals surface area contributed by atoms with Crippen LogP contribution in [0.15, 0.2) is 18.2 Å². The van der Waals surface area contributed by atoms with Gasteiger partial charge < -0.3 is 10.1 Å². The Hall–Kier alpha value is -1.36. The Labute approximate surface area is 88.4 Å². The summed E-state index contributed by atoms with van der Waals surface area (Å²) < 4.78 is 4.91. The minimum atomic E-state index is -0.222. The van der Waals surface area contributed by atoms with Crippen LogP contribution >= 0.6 is 15.9 Å². The lowest BCUT2D eigenvalue weighted by Crippen LogP contribution is -2.25. The largest absolute Gasteiger partial charge is 0.482 e. The maximum Gasteiger partial charge on any atom is 0.262 e. The fraction of sp³-hybridized carbons (Fsp3) is 0.111. The topological polar surface area (TPSA) is 55.4 Å². The van der Waals surface area contributed by atoms with Gasteiger partial charge in [-0.2, -0.15) is 0 Å². The van der Waals surface area contributed by atoms with Crippen molar-refractivity contribution in [3.63, 3.8) is 0 Å². The van der Waals surface area contributed by atoms with Gasteiger partial charge in [0, 0.05) is 5.56 Å². The quantitative estimate of drug-likeness (QED) is 0.775. The average molecular weight is 256 g/mol. The highest BCUT2D eigenvalue weighted by molar-refractivity contribution is 9.18. The second kappa shape index (κ2) is 3.42. The van der Waals surface area contributed by atoms with Crippen LogP contribution < -0.4 is 10.1 Å². The number of carbonyl (C=O) groups excluding carboxylic acids is 2. The highest BCUT2D eigenvalue weighted by Gasteiger charge is 2.16. The lowest BCUT2D eigenvalue weighted by Gasteiger charge is -2.17. The van der Waals surface area contributed by atoms with Crippen molar-refractivity contribution in [1.82, 2.24) is 0 Å². The molecule has 1 N–H and O–H groups in total. The number of fused-ring (bicyclic) bond motifs is 1. The predicted octanol–water partition coefficient (Wildman–Crippen LogP) is 1.55. The first-order valence-electron chi connectivity index (χ1n) is 3.93. The zero-order chi connectivity index (χ0) is 10.1. The molecule has 1 heterocycles. The van der Waals surface area contributed by atoms with Crippen LogP contribution in [0.2, 0.25) is 0 Å². The van der Waals surface area contributed by atoms with Crippen LogP contribution in [0, 0.1) is 0 Å². The number of rotatable bonds is 1. The van der Waals surface area contributed by atoms with Gasteiger partial charge in [-0.1, -0.05) is 0 Å². The van der Waals surface area contributed by atoms with Crippen molar-refractivity contribution in [3.05, 3.63) is 23.8 Å². The molecule has 0 aromatic heterocycles. The molecule has 0 saturated carbocycles. The lowest BCUT2D eigenvalue weighted by molar-refractivity contribution is -0.118. The Balaban J connectivity index is 2.42. The third kappa shape index (κ3) is 1.63. The van der Waals surface area contributed by atoms with E-state index in [1.807, 2.05) is 0 Å². The molecule has 1 aliphatic heterocycles. The summed E-state index contributed by atoms with van der Waals surface area (Å²) in [4.78, 5) is 22.0. The van der Waals surface area contributed by atoms with Gasteiger partial charge >= 0.3 is 0 Å². The smallest absolute Gasteiger partial charge is 0.262 e. The molecule has 2 rings (SSSR count). The molecule has 0 unspecified atom stereocenters. The molecule has 14 heavy (non-hydrogen) atoms. The third-order valence-corrected chi connectivity index (χ3v) is 2.30. The van der Waals surface area contributed by atoms with Crippen molar-refractivity contribution in [2.45, 2.75) is 0 Å². The van der Waals surface area contributed by atoms with Crippen LogP contribution in [-0.4, -0.2) is 17.2 Å². The summed E-state index contributed by atoms with van der Waals surface area (Å²) in [6.45, 7) is 0.0224. The van der Waals surface area contributed by atoms with Gasteiger partial charge in [0.25, 0.3) is 5.91 Å². The van der Waals surface area contributed by atoms with Gasteiger partial charge in [0.2, 0.25) is 4.69 Å². The van der Waals surface area contributed by atoms with E-state index < -0.39 is 0 Å². The fourth-order valence-electron chi connectivity index (χ4n) is 1.21. The molecule has 0 saturated heterocycles. The van der Waals surface area contributed by atoms with Gasteiger partial charge in [-0.25, -0.2) is 0 Å². The van der Waals surface area contributed by atoms with Gasteiger partial charge in [0.1, 0.15) is 5.75 Å². The van der Waals surface area contributed by atoms with Gasteiger partial charge in [0.05, 0.1) is 5.69 Å². The van der Waals surface area contributed by atoms with Gasteiger partial charge in [-0.3, -0.25) is 9.59 Å². The zero-order valence-corrected chi connectivity index (χ0v) is 8.63. The normalized spacial score (nSPS) is 13.9. The molecule has 0 aliphatic carbocycles. The zero-order valence-electron chi connectivity index (χ0n) is 7.04. The Morgan fingerprint density at radius 1 is 1.50 bits per heavy atom. The standard InChI is InChI=1S/C9H6BrNO3/c10-9(13)5-1-2-7-6(3-5)11-8(12)4-14-7/h1-3H,4H2,(H,11,12). The molecule has 4 nitrogen and oxygen atoms in total. The van der Waals surface area contributed by atoms with E-state index >= 15 is 0 Å². The first-order valence-corrected chi connectivity index (χ1v) is 4.72. The number of anilines is 1. The Kier molecular flexibility index (Phi) is 2.25. The molecule has 72 valence electrons. The highest BCUT2D eigenvalue weighted by atomic mass is 79.9. The maximum atomic E-state index is 11.0. The van der Waals surface area contributed by atoms with E-state index in [9.17, 15) is 9.59 Å². The first-order chi connectivity index (χ1) is 6.66. The summed E-state index contributed by atoms with van der Waals surface area (Å²) in [6.07, 6.45) is 0. The molecule has 0 atom stereocenters. The number of nitrogens with one attached hydrogen (secondary N) is 1. The van der Waals surface area contributed by atoms with Crippen LogP contribution in [0.1, 0.15) is 10.4 Å². The number of ether oxygens (including phenoxy) is 1. The van der Waals surface area contributed by atoms with Crippen molar-refractivity contribution in [1.29, 1.82) is 0 Å². The predicted molar refractivity (Wildman–Crippen MR) is 53.8 cm³/mol. The Bertz CT molecular complexity index is 417. The third-order valence-electron chi connectivity index (χ3n) is 1.84. The van der Waals surface area contributed by atoms with E-state index in [2.05, 4.69) is 21.2 Å². The molecular formula is C9H6BrNO3. The molecule has 0 radical (unpaired) electrons. The van der Waals surface area contributed by atoms with Crippen molar-refractivity contribution in [2.24, 2.45) is 0 Å². The fourth-order valence-corrected chi connectivity index (χ4v) is 1.45. The highest BCUT2D eigenvalue weighted by Crippen LogP contribution is 2.28.